The fourth-order valence-corrected chi connectivity index (χ4v) is 4.41. The summed E-state index contributed by atoms with van der Waals surface area (Å²) in [6, 6.07) is 8.53. The maximum Gasteiger partial charge on any atom is 0.249 e. The summed E-state index contributed by atoms with van der Waals surface area (Å²) in [6.45, 7) is 5.83. The lowest BCUT2D eigenvalue weighted by Gasteiger charge is -2.42. The number of carbonyl (C=O) groups is 1. The Balaban J connectivity index is 1.59. The van der Waals surface area contributed by atoms with Crippen LogP contribution in [0.1, 0.15) is 37.9 Å². The molecule has 0 radical (unpaired) electrons. The number of nitrogens with one attached hydrogen (secondary N) is 3. The first-order valence-corrected chi connectivity index (χ1v) is 10.2. The van der Waals surface area contributed by atoms with Crippen molar-refractivity contribution >= 4 is 23.0 Å². The van der Waals surface area contributed by atoms with E-state index < -0.39 is 5.54 Å². The Kier molecular flexibility index (Phi) is 5.31. The van der Waals surface area contributed by atoms with Gasteiger partial charge in [-0.05, 0) is 57.5 Å². The van der Waals surface area contributed by atoms with E-state index in [9.17, 15) is 9.18 Å². The smallest absolute Gasteiger partial charge is 0.249 e. The molecule has 1 saturated heterocycles. The molecule has 1 fully saturated rings. The van der Waals surface area contributed by atoms with Crippen molar-refractivity contribution in [3.05, 3.63) is 47.5 Å². The van der Waals surface area contributed by atoms with Crippen LogP contribution < -0.4 is 16.0 Å². The molecule has 4 rings (SSSR count). The molecular weight excluding hydrogens is 383 g/mol. The minimum atomic E-state index is -0.940. The van der Waals surface area contributed by atoms with Gasteiger partial charge < -0.3 is 16.0 Å². The summed E-state index contributed by atoms with van der Waals surface area (Å²) >= 11 is 0. The van der Waals surface area contributed by atoms with Crippen molar-refractivity contribution in [3.63, 3.8) is 0 Å². The molecule has 0 spiro atoms. The van der Waals surface area contributed by atoms with E-state index in [0.29, 0.717) is 35.7 Å². The number of hydrogen-bond acceptors (Lipinski definition) is 6. The van der Waals surface area contributed by atoms with Gasteiger partial charge >= 0.3 is 0 Å². The second kappa shape index (κ2) is 7.92. The van der Waals surface area contributed by atoms with Crippen molar-refractivity contribution < 1.29 is 9.18 Å². The average Bonchev–Trinajstić information content (AvgIpc) is 3.01. The van der Waals surface area contributed by atoms with Gasteiger partial charge in [0.25, 0.3) is 0 Å². The predicted octanol–water partition coefficient (Wildman–Crippen LogP) is 3.27. The number of halogens is 1. The van der Waals surface area contributed by atoms with Gasteiger partial charge in [0, 0.05) is 24.7 Å². The highest BCUT2D eigenvalue weighted by Crippen LogP contribution is 2.45. The number of fused-ring (bicyclic) bond motifs is 1. The maximum atomic E-state index is 14.4. The molecule has 0 bridgehead atoms. The Morgan fingerprint density at radius 3 is 2.97 bits per heavy atom. The fourth-order valence-electron chi connectivity index (χ4n) is 4.41. The molecule has 7 nitrogen and oxygen atoms in total. The number of amides is 1. The zero-order chi connectivity index (χ0) is 21.3. The number of hydrogen-bond donors (Lipinski definition) is 3. The molecular formula is C22H25FN6O. The molecule has 1 aromatic carbocycles. The Hall–Kier alpha value is -3.18. The van der Waals surface area contributed by atoms with Crippen molar-refractivity contribution in [3.8, 4) is 6.07 Å². The van der Waals surface area contributed by atoms with Gasteiger partial charge in [-0.25, -0.2) is 9.37 Å². The number of rotatable bonds is 5. The number of piperidine rings is 1. The van der Waals surface area contributed by atoms with Crippen molar-refractivity contribution in [2.24, 2.45) is 0 Å². The summed E-state index contributed by atoms with van der Waals surface area (Å²) in [5.41, 5.74) is 2.21. The Bertz CT molecular complexity index is 1000. The molecule has 156 valence electrons. The minimum absolute atomic E-state index is 0.115. The molecule has 30 heavy (non-hydrogen) atoms. The van der Waals surface area contributed by atoms with Gasteiger partial charge in [-0.3, -0.25) is 9.69 Å². The van der Waals surface area contributed by atoms with E-state index >= 15 is 0 Å². The molecule has 2 aromatic rings. The summed E-state index contributed by atoms with van der Waals surface area (Å²) in [5.74, 6) is -0.495. The zero-order valence-electron chi connectivity index (χ0n) is 17.1. The van der Waals surface area contributed by atoms with Crippen LogP contribution in [0.4, 0.5) is 21.5 Å². The van der Waals surface area contributed by atoms with E-state index in [1.165, 1.54) is 12.1 Å². The lowest BCUT2D eigenvalue weighted by molar-refractivity contribution is -0.127. The second-order valence-electron chi connectivity index (χ2n) is 7.91. The SMILES string of the molecule is CCNc1cc(F)cc2c1NC(=O)[C@]2(C)N1CCCC(Nc2ccc(C#N)nc2)C1. The summed E-state index contributed by atoms with van der Waals surface area (Å²) in [4.78, 5) is 19.3. The largest absolute Gasteiger partial charge is 0.384 e. The van der Waals surface area contributed by atoms with E-state index in [-0.39, 0.29) is 17.8 Å². The van der Waals surface area contributed by atoms with Crippen LogP contribution in [0.15, 0.2) is 30.5 Å². The highest BCUT2D eigenvalue weighted by Gasteiger charge is 2.49. The number of anilines is 3. The Labute approximate surface area is 175 Å². The van der Waals surface area contributed by atoms with Gasteiger partial charge in [0.15, 0.2) is 0 Å². The highest BCUT2D eigenvalue weighted by molar-refractivity contribution is 6.08. The standard InChI is InChI=1S/C22H25FN6O/c1-3-25-19-10-14(23)9-18-20(19)28-21(30)22(18,2)29-8-4-5-17(13-29)27-16-7-6-15(11-24)26-12-16/h6-7,9-10,12,17,25,27H,3-5,8,13H2,1-2H3,(H,28,30)/t17?,22-/m1/s1. The van der Waals surface area contributed by atoms with Gasteiger partial charge in [0.1, 0.15) is 23.1 Å². The summed E-state index contributed by atoms with van der Waals surface area (Å²) in [6.07, 6.45) is 3.51. The van der Waals surface area contributed by atoms with Crippen LogP contribution in [0.2, 0.25) is 0 Å². The maximum absolute atomic E-state index is 14.4. The van der Waals surface area contributed by atoms with Crippen LogP contribution in [0.3, 0.4) is 0 Å². The van der Waals surface area contributed by atoms with Crippen LogP contribution >= 0.6 is 0 Å². The third-order valence-electron chi connectivity index (χ3n) is 5.98. The Morgan fingerprint density at radius 2 is 2.27 bits per heavy atom. The van der Waals surface area contributed by atoms with E-state index in [4.69, 9.17) is 5.26 Å². The number of benzene rings is 1. The van der Waals surface area contributed by atoms with Crippen molar-refractivity contribution in [1.82, 2.24) is 9.88 Å². The molecule has 3 N–H and O–H groups in total. The van der Waals surface area contributed by atoms with Crippen LogP contribution in [0.25, 0.3) is 0 Å². The summed E-state index contributed by atoms with van der Waals surface area (Å²) in [5, 5.41) is 18.5. The number of nitriles is 1. The molecule has 8 heteroatoms. The molecule has 2 aliphatic rings. The lowest BCUT2D eigenvalue weighted by Crippen LogP contribution is -2.55. The van der Waals surface area contributed by atoms with E-state index in [1.807, 2.05) is 26.0 Å². The molecule has 0 aliphatic carbocycles. The molecule has 2 aliphatic heterocycles. The van der Waals surface area contributed by atoms with E-state index in [2.05, 4.69) is 25.8 Å². The van der Waals surface area contributed by atoms with Crippen molar-refractivity contribution in [2.45, 2.75) is 38.3 Å². The topological polar surface area (TPSA) is 93.1 Å². The number of carbonyl (C=O) groups excluding carboxylic acids is 1. The summed E-state index contributed by atoms with van der Waals surface area (Å²) in [7, 11) is 0. The molecule has 1 amide bonds. The highest BCUT2D eigenvalue weighted by atomic mass is 19.1. The first kappa shape index (κ1) is 20.1. The second-order valence-corrected chi connectivity index (χ2v) is 7.91. The van der Waals surface area contributed by atoms with Crippen LogP contribution in [0.5, 0.6) is 0 Å². The molecule has 0 saturated carbocycles. The molecule has 1 aromatic heterocycles. The number of likely N-dealkylation sites (tertiary alicyclic amines) is 1. The lowest BCUT2D eigenvalue weighted by atomic mass is 9.88. The van der Waals surface area contributed by atoms with Gasteiger partial charge in [0.2, 0.25) is 5.91 Å². The quantitative estimate of drug-likeness (QED) is 0.703. The fraction of sp³-hybridized carbons (Fsp3) is 0.409. The molecule has 1 unspecified atom stereocenters. The number of pyridine rings is 1. The minimum Gasteiger partial charge on any atom is -0.384 e. The number of aromatic nitrogens is 1. The normalized spacial score (nSPS) is 23.4. The third-order valence-corrected chi connectivity index (χ3v) is 5.98. The van der Waals surface area contributed by atoms with Crippen LogP contribution in [0, 0.1) is 17.1 Å². The zero-order valence-corrected chi connectivity index (χ0v) is 17.1. The third kappa shape index (κ3) is 3.46. The van der Waals surface area contributed by atoms with Gasteiger partial charge in [0.05, 0.1) is 23.3 Å². The molecule has 3 heterocycles. The van der Waals surface area contributed by atoms with Gasteiger partial charge in [-0.15, -0.1) is 0 Å². The van der Waals surface area contributed by atoms with Gasteiger partial charge in [-0.1, -0.05) is 0 Å². The van der Waals surface area contributed by atoms with Crippen molar-refractivity contribution in [2.75, 3.05) is 35.6 Å². The molecule has 2 atom stereocenters. The first-order valence-electron chi connectivity index (χ1n) is 10.2. The average molecular weight is 408 g/mol. The van der Waals surface area contributed by atoms with E-state index in [0.717, 1.165) is 25.1 Å². The Morgan fingerprint density at radius 1 is 1.43 bits per heavy atom. The van der Waals surface area contributed by atoms with E-state index in [1.54, 1.807) is 12.3 Å². The monoisotopic (exact) mass is 408 g/mol. The predicted molar refractivity (Wildman–Crippen MR) is 114 cm³/mol. The van der Waals surface area contributed by atoms with Crippen LogP contribution in [-0.4, -0.2) is 41.5 Å². The van der Waals surface area contributed by atoms with Gasteiger partial charge in [-0.2, -0.15) is 5.26 Å². The first-order chi connectivity index (χ1) is 14.5. The van der Waals surface area contributed by atoms with Crippen LogP contribution in [-0.2, 0) is 10.3 Å². The van der Waals surface area contributed by atoms with Crippen molar-refractivity contribution in [1.29, 1.82) is 5.26 Å². The number of nitrogens with zero attached hydrogens (tertiary/aromatic N) is 3. The summed E-state index contributed by atoms with van der Waals surface area (Å²) < 4.78 is 14.4.